The minimum atomic E-state index is -4.52. The van der Waals surface area contributed by atoms with E-state index in [1.165, 1.54) is 18.2 Å². The first kappa shape index (κ1) is 17.1. The van der Waals surface area contributed by atoms with Crippen molar-refractivity contribution in [3.05, 3.63) is 41.5 Å². The van der Waals surface area contributed by atoms with Crippen LogP contribution in [0.3, 0.4) is 0 Å². The van der Waals surface area contributed by atoms with Gasteiger partial charge in [-0.2, -0.15) is 13.2 Å². The molecule has 0 N–H and O–H groups in total. The van der Waals surface area contributed by atoms with E-state index in [2.05, 4.69) is 0 Å². The number of carbonyl (C=O) groups excluding carboxylic acids is 2. The molecule has 2 amide bonds. The molecule has 4 nitrogen and oxygen atoms in total. The molecule has 2 rings (SSSR count). The highest BCUT2D eigenvalue weighted by Gasteiger charge is 2.38. The zero-order valence-electron chi connectivity index (χ0n) is 12.6. The molecule has 0 aromatic heterocycles. The lowest BCUT2D eigenvalue weighted by Gasteiger charge is -2.21. The average Bonchev–Trinajstić information content (AvgIpc) is 2.86. The molecular formula is C16H16F3NO3. The monoisotopic (exact) mass is 327 g/mol. The number of benzene rings is 1. The van der Waals surface area contributed by atoms with E-state index in [4.69, 9.17) is 4.74 Å². The molecule has 1 saturated heterocycles. The van der Waals surface area contributed by atoms with E-state index in [-0.39, 0.29) is 18.1 Å². The van der Waals surface area contributed by atoms with Gasteiger partial charge >= 0.3 is 12.3 Å². The Hall–Kier alpha value is -2.31. The third-order valence-corrected chi connectivity index (χ3v) is 3.58. The maximum Gasteiger partial charge on any atom is 0.417 e. The summed E-state index contributed by atoms with van der Waals surface area (Å²) in [7, 11) is 0. The van der Waals surface area contributed by atoms with Gasteiger partial charge in [-0.15, -0.1) is 0 Å². The number of rotatable bonds is 3. The number of hydrogen-bond donors (Lipinski definition) is 0. The standard InChI is InChI=1S/C16H16F3NO3/c1-10(2)13-9-23-15(22)20(13)14(21)8-7-11-5-3-4-6-12(11)16(17,18)19/h3-8,10,13H,9H2,1-2H3/b8-7+/t13-/m1/s1. The van der Waals surface area contributed by atoms with Crippen LogP contribution in [-0.4, -0.2) is 29.5 Å². The van der Waals surface area contributed by atoms with Crippen molar-refractivity contribution in [1.29, 1.82) is 0 Å². The number of nitrogens with zero attached hydrogens (tertiary/aromatic N) is 1. The van der Waals surface area contributed by atoms with E-state index in [9.17, 15) is 22.8 Å². The lowest BCUT2D eigenvalue weighted by atomic mass is 10.0. The number of alkyl halides is 3. The van der Waals surface area contributed by atoms with E-state index < -0.39 is 29.8 Å². The molecule has 7 heteroatoms. The van der Waals surface area contributed by atoms with Crippen LogP contribution in [0.25, 0.3) is 6.08 Å². The predicted octanol–water partition coefficient (Wildman–Crippen LogP) is 3.72. The summed E-state index contributed by atoms with van der Waals surface area (Å²) in [6, 6.07) is 4.49. The quantitative estimate of drug-likeness (QED) is 0.795. The molecule has 0 unspecified atom stereocenters. The van der Waals surface area contributed by atoms with Crippen LogP contribution in [0.5, 0.6) is 0 Å². The lowest BCUT2D eigenvalue weighted by Crippen LogP contribution is -2.40. The Kier molecular flexibility index (Phi) is 4.77. The highest BCUT2D eigenvalue weighted by atomic mass is 19.4. The normalized spacial score (nSPS) is 18.8. The number of carbonyl (C=O) groups is 2. The highest BCUT2D eigenvalue weighted by molar-refractivity contribution is 6.02. The van der Waals surface area contributed by atoms with Crippen LogP contribution in [0.15, 0.2) is 30.3 Å². The van der Waals surface area contributed by atoms with Crippen molar-refractivity contribution in [2.45, 2.75) is 26.1 Å². The van der Waals surface area contributed by atoms with Crippen molar-refractivity contribution in [2.75, 3.05) is 6.61 Å². The van der Waals surface area contributed by atoms with Gasteiger partial charge in [-0.1, -0.05) is 32.0 Å². The molecule has 1 aromatic carbocycles. The first-order valence-corrected chi connectivity index (χ1v) is 7.06. The molecule has 1 heterocycles. The van der Waals surface area contributed by atoms with Gasteiger partial charge in [0.1, 0.15) is 6.61 Å². The van der Waals surface area contributed by atoms with Gasteiger partial charge in [-0.25, -0.2) is 9.69 Å². The van der Waals surface area contributed by atoms with Crippen LogP contribution in [0.1, 0.15) is 25.0 Å². The maximum atomic E-state index is 12.9. The third-order valence-electron chi connectivity index (χ3n) is 3.58. The van der Waals surface area contributed by atoms with E-state index in [1.807, 2.05) is 13.8 Å². The Morgan fingerprint density at radius 1 is 1.35 bits per heavy atom. The van der Waals surface area contributed by atoms with Crippen LogP contribution in [0, 0.1) is 5.92 Å². The molecule has 0 radical (unpaired) electrons. The summed E-state index contributed by atoms with van der Waals surface area (Å²) in [4.78, 5) is 24.7. The minimum absolute atomic E-state index is 0.0127. The van der Waals surface area contributed by atoms with Gasteiger partial charge in [0.05, 0.1) is 11.6 Å². The number of cyclic esters (lactones) is 1. The molecule has 0 spiro atoms. The molecule has 1 aromatic rings. The van der Waals surface area contributed by atoms with Crippen LogP contribution >= 0.6 is 0 Å². The highest BCUT2D eigenvalue weighted by Crippen LogP contribution is 2.32. The molecule has 0 saturated carbocycles. The van der Waals surface area contributed by atoms with Gasteiger partial charge in [0, 0.05) is 6.08 Å². The largest absolute Gasteiger partial charge is 0.447 e. The first-order valence-electron chi connectivity index (χ1n) is 7.06. The zero-order chi connectivity index (χ0) is 17.2. The van der Waals surface area contributed by atoms with Crippen LogP contribution in [-0.2, 0) is 15.7 Å². The maximum absolute atomic E-state index is 12.9. The third kappa shape index (κ3) is 3.72. The smallest absolute Gasteiger partial charge is 0.417 e. The van der Waals surface area contributed by atoms with Gasteiger partial charge in [-0.05, 0) is 23.6 Å². The number of ether oxygens (including phenoxy) is 1. The van der Waals surface area contributed by atoms with Crippen LogP contribution in [0.4, 0.5) is 18.0 Å². The first-order chi connectivity index (χ1) is 10.7. The molecule has 1 aliphatic heterocycles. The Morgan fingerprint density at radius 3 is 2.61 bits per heavy atom. The van der Waals surface area contributed by atoms with Crippen molar-refractivity contribution in [3.8, 4) is 0 Å². The Balaban J connectivity index is 2.24. The second-order valence-corrected chi connectivity index (χ2v) is 5.51. The number of hydrogen-bond acceptors (Lipinski definition) is 3. The summed E-state index contributed by atoms with van der Waals surface area (Å²) >= 11 is 0. The second kappa shape index (κ2) is 6.44. The fourth-order valence-corrected chi connectivity index (χ4v) is 2.32. The van der Waals surface area contributed by atoms with Crippen LogP contribution in [0.2, 0.25) is 0 Å². The predicted molar refractivity (Wildman–Crippen MR) is 77.3 cm³/mol. The van der Waals surface area contributed by atoms with Crippen molar-refractivity contribution in [1.82, 2.24) is 4.90 Å². The molecule has 1 atom stereocenters. The summed E-state index contributed by atoms with van der Waals surface area (Å²) in [5, 5.41) is 0. The fraction of sp³-hybridized carbons (Fsp3) is 0.375. The lowest BCUT2D eigenvalue weighted by molar-refractivity contribution is -0.137. The summed E-state index contributed by atoms with van der Waals surface area (Å²) in [6.07, 6.45) is -3.26. The van der Waals surface area contributed by atoms with Gasteiger partial charge in [0.25, 0.3) is 5.91 Å². The Bertz CT molecular complexity index is 638. The van der Waals surface area contributed by atoms with Crippen molar-refractivity contribution < 1.29 is 27.5 Å². The minimum Gasteiger partial charge on any atom is -0.447 e. The van der Waals surface area contributed by atoms with E-state index in [1.54, 1.807) is 0 Å². The summed E-state index contributed by atoms with van der Waals surface area (Å²) in [5.41, 5.74) is -0.976. The van der Waals surface area contributed by atoms with Crippen molar-refractivity contribution in [2.24, 2.45) is 5.92 Å². The Labute approximate surface area is 131 Å². The molecule has 0 bridgehead atoms. The molecule has 0 aliphatic carbocycles. The molecule has 1 fully saturated rings. The zero-order valence-corrected chi connectivity index (χ0v) is 12.6. The summed E-state index contributed by atoms with van der Waals surface area (Å²) in [5.74, 6) is -0.704. The second-order valence-electron chi connectivity index (χ2n) is 5.51. The average molecular weight is 327 g/mol. The van der Waals surface area contributed by atoms with Gasteiger partial charge in [0.15, 0.2) is 0 Å². The van der Waals surface area contributed by atoms with Gasteiger partial charge in [0.2, 0.25) is 0 Å². The summed E-state index contributed by atoms with van der Waals surface area (Å²) in [6.45, 7) is 3.75. The van der Waals surface area contributed by atoms with E-state index >= 15 is 0 Å². The number of halogens is 3. The molecular weight excluding hydrogens is 311 g/mol. The summed E-state index contributed by atoms with van der Waals surface area (Å²) < 4.78 is 43.5. The van der Waals surface area contributed by atoms with E-state index in [0.29, 0.717) is 0 Å². The molecule has 1 aliphatic rings. The topological polar surface area (TPSA) is 46.6 Å². The van der Waals surface area contributed by atoms with Crippen LogP contribution < -0.4 is 0 Å². The Morgan fingerprint density at radius 2 is 2.00 bits per heavy atom. The molecule has 23 heavy (non-hydrogen) atoms. The SMILES string of the molecule is CC(C)[C@H]1COC(=O)N1C(=O)/C=C/c1ccccc1C(F)(F)F. The van der Waals surface area contributed by atoms with Gasteiger partial charge < -0.3 is 4.74 Å². The molecule has 124 valence electrons. The van der Waals surface area contributed by atoms with Gasteiger partial charge in [-0.3, -0.25) is 4.79 Å². The van der Waals surface area contributed by atoms with Crippen molar-refractivity contribution in [3.63, 3.8) is 0 Å². The van der Waals surface area contributed by atoms with Crippen molar-refractivity contribution >= 4 is 18.1 Å². The van der Waals surface area contributed by atoms with E-state index in [0.717, 1.165) is 23.1 Å². The fourth-order valence-electron chi connectivity index (χ4n) is 2.32. The number of amides is 2. The number of imide groups is 1.